The standard InChI is InChI=1S/C19H28N4O2S/c1-5-13-26-14-17(19(25)21-11-6-12-23(3)4)22-18(24)15-7-9-16(20-2)10-8-15/h5,7-10,17H,1-2,6,11-14H2,3-4H3,(H,21,25)(H,22,24). The third-order valence-corrected chi connectivity index (χ3v) is 4.58. The van der Waals surface area contributed by atoms with E-state index < -0.39 is 6.04 Å². The summed E-state index contributed by atoms with van der Waals surface area (Å²) in [5.74, 6) is 0.759. The SMILES string of the molecule is C=CCSCC(NC(=O)c1ccc(N=C)cc1)C(=O)NCCCN(C)C. The summed E-state index contributed by atoms with van der Waals surface area (Å²) in [6.45, 7) is 8.60. The fourth-order valence-electron chi connectivity index (χ4n) is 2.14. The average molecular weight is 377 g/mol. The van der Waals surface area contributed by atoms with Crippen LogP contribution in [-0.4, -0.2) is 68.2 Å². The molecule has 6 nitrogen and oxygen atoms in total. The van der Waals surface area contributed by atoms with Crippen molar-refractivity contribution in [1.82, 2.24) is 15.5 Å². The van der Waals surface area contributed by atoms with Gasteiger partial charge in [-0.05, 0) is 58.0 Å². The molecule has 0 radical (unpaired) electrons. The normalized spacial score (nSPS) is 11.7. The molecule has 0 aliphatic rings. The molecule has 0 saturated carbocycles. The maximum Gasteiger partial charge on any atom is 0.251 e. The summed E-state index contributed by atoms with van der Waals surface area (Å²) in [5.41, 5.74) is 1.18. The minimum atomic E-state index is -0.594. The Morgan fingerprint density at radius 1 is 1.31 bits per heavy atom. The highest BCUT2D eigenvalue weighted by molar-refractivity contribution is 7.99. The van der Waals surface area contributed by atoms with Crippen LogP contribution in [0.5, 0.6) is 0 Å². The second kappa shape index (κ2) is 12.3. The van der Waals surface area contributed by atoms with E-state index in [-0.39, 0.29) is 11.8 Å². The molecule has 2 amide bonds. The molecule has 7 heteroatoms. The average Bonchev–Trinajstić information content (AvgIpc) is 2.64. The first kappa shape index (κ1) is 21.9. The molecule has 0 spiro atoms. The maximum atomic E-state index is 12.4. The van der Waals surface area contributed by atoms with Crippen molar-refractivity contribution < 1.29 is 9.59 Å². The highest BCUT2D eigenvalue weighted by Crippen LogP contribution is 2.12. The molecule has 142 valence electrons. The number of hydrogen-bond donors (Lipinski definition) is 2. The van der Waals surface area contributed by atoms with Crippen LogP contribution >= 0.6 is 11.8 Å². The van der Waals surface area contributed by atoms with Crippen molar-refractivity contribution in [2.45, 2.75) is 12.5 Å². The molecule has 2 N–H and O–H groups in total. The van der Waals surface area contributed by atoms with E-state index >= 15 is 0 Å². The third kappa shape index (κ3) is 8.31. The summed E-state index contributed by atoms with van der Waals surface area (Å²) in [4.78, 5) is 30.8. The molecular weight excluding hydrogens is 348 g/mol. The smallest absolute Gasteiger partial charge is 0.251 e. The molecule has 0 heterocycles. The number of rotatable bonds is 12. The Morgan fingerprint density at radius 3 is 2.58 bits per heavy atom. The van der Waals surface area contributed by atoms with Gasteiger partial charge < -0.3 is 15.5 Å². The monoisotopic (exact) mass is 376 g/mol. The summed E-state index contributed by atoms with van der Waals surface area (Å²) < 4.78 is 0. The van der Waals surface area contributed by atoms with Crippen LogP contribution in [0.4, 0.5) is 5.69 Å². The van der Waals surface area contributed by atoms with Gasteiger partial charge in [0.05, 0.1) is 5.69 Å². The van der Waals surface area contributed by atoms with Gasteiger partial charge in [0.1, 0.15) is 6.04 Å². The Labute approximate surface area is 160 Å². The van der Waals surface area contributed by atoms with E-state index in [1.165, 1.54) is 0 Å². The number of carbonyl (C=O) groups is 2. The van der Waals surface area contributed by atoms with Crippen molar-refractivity contribution in [1.29, 1.82) is 0 Å². The van der Waals surface area contributed by atoms with Gasteiger partial charge in [0.25, 0.3) is 5.91 Å². The second-order valence-electron chi connectivity index (χ2n) is 6.01. The lowest BCUT2D eigenvalue weighted by atomic mass is 10.2. The van der Waals surface area contributed by atoms with E-state index in [1.54, 1.807) is 42.1 Å². The Hall–Kier alpha value is -2.12. The second-order valence-corrected chi connectivity index (χ2v) is 7.08. The van der Waals surface area contributed by atoms with E-state index in [1.807, 2.05) is 14.1 Å². The molecule has 26 heavy (non-hydrogen) atoms. The number of aliphatic imine (C=N–C) groups is 1. The third-order valence-electron chi connectivity index (χ3n) is 3.54. The van der Waals surface area contributed by atoms with Crippen LogP contribution in [0.15, 0.2) is 41.9 Å². The fourth-order valence-corrected chi connectivity index (χ4v) is 2.92. The van der Waals surface area contributed by atoms with Gasteiger partial charge in [0.15, 0.2) is 0 Å². The molecule has 0 aliphatic heterocycles. The zero-order valence-corrected chi connectivity index (χ0v) is 16.3. The maximum absolute atomic E-state index is 12.4. The Kier molecular flexibility index (Phi) is 10.3. The lowest BCUT2D eigenvalue weighted by Gasteiger charge is -2.18. The highest BCUT2D eigenvalue weighted by Gasteiger charge is 2.21. The minimum absolute atomic E-state index is 0.168. The van der Waals surface area contributed by atoms with Gasteiger partial charge in [-0.25, -0.2) is 0 Å². The molecule has 1 unspecified atom stereocenters. The number of hydrogen-bond acceptors (Lipinski definition) is 5. The van der Waals surface area contributed by atoms with Crippen LogP contribution < -0.4 is 10.6 Å². The van der Waals surface area contributed by atoms with Crippen LogP contribution in [0, 0.1) is 0 Å². The summed E-state index contributed by atoms with van der Waals surface area (Å²) in [6.07, 6.45) is 2.63. The largest absolute Gasteiger partial charge is 0.354 e. The fraction of sp³-hybridized carbons (Fsp3) is 0.421. The van der Waals surface area contributed by atoms with E-state index in [2.05, 4.69) is 33.8 Å². The van der Waals surface area contributed by atoms with Crippen molar-refractivity contribution in [3.8, 4) is 0 Å². The van der Waals surface area contributed by atoms with Crippen LogP contribution in [0.3, 0.4) is 0 Å². The zero-order valence-electron chi connectivity index (χ0n) is 15.5. The summed E-state index contributed by atoms with van der Waals surface area (Å²) in [5, 5.41) is 5.71. The van der Waals surface area contributed by atoms with Gasteiger partial charge in [-0.15, -0.1) is 6.58 Å². The molecule has 1 aromatic carbocycles. The topological polar surface area (TPSA) is 73.8 Å². The molecule has 1 atom stereocenters. The van der Waals surface area contributed by atoms with Gasteiger partial charge in [-0.2, -0.15) is 11.8 Å². The molecule has 0 bridgehead atoms. The number of nitrogens with zero attached hydrogens (tertiary/aromatic N) is 2. The van der Waals surface area contributed by atoms with Crippen molar-refractivity contribution in [3.05, 3.63) is 42.5 Å². The highest BCUT2D eigenvalue weighted by atomic mass is 32.2. The molecule has 1 rings (SSSR count). The zero-order chi connectivity index (χ0) is 19.4. The summed E-state index contributed by atoms with van der Waals surface area (Å²) >= 11 is 1.55. The molecular formula is C19H28N4O2S. The molecule has 1 aromatic rings. The Morgan fingerprint density at radius 2 is 2.00 bits per heavy atom. The van der Waals surface area contributed by atoms with Gasteiger partial charge in [-0.1, -0.05) is 6.08 Å². The summed E-state index contributed by atoms with van der Waals surface area (Å²) in [7, 11) is 3.98. The van der Waals surface area contributed by atoms with Crippen LogP contribution in [0.25, 0.3) is 0 Å². The first-order valence-electron chi connectivity index (χ1n) is 8.46. The number of amides is 2. The van der Waals surface area contributed by atoms with Gasteiger partial charge in [0.2, 0.25) is 5.91 Å². The Balaban J connectivity index is 2.64. The Bertz CT molecular complexity index is 602. The number of benzene rings is 1. The predicted octanol–water partition coefficient (Wildman–Crippen LogP) is 2.10. The quantitative estimate of drug-likeness (QED) is 0.333. The van der Waals surface area contributed by atoms with Gasteiger partial charge in [-0.3, -0.25) is 14.6 Å². The van der Waals surface area contributed by atoms with Crippen molar-refractivity contribution in [2.24, 2.45) is 4.99 Å². The molecule has 0 saturated heterocycles. The van der Waals surface area contributed by atoms with Gasteiger partial charge >= 0.3 is 0 Å². The van der Waals surface area contributed by atoms with E-state index in [4.69, 9.17) is 0 Å². The van der Waals surface area contributed by atoms with E-state index in [9.17, 15) is 9.59 Å². The minimum Gasteiger partial charge on any atom is -0.354 e. The lowest BCUT2D eigenvalue weighted by molar-refractivity contribution is -0.122. The molecule has 0 aromatic heterocycles. The first-order chi connectivity index (χ1) is 12.5. The number of nitrogens with one attached hydrogen (secondary N) is 2. The van der Waals surface area contributed by atoms with E-state index in [0.717, 1.165) is 18.7 Å². The number of thioether (sulfide) groups is 1. The number of carbonyl (C=O) groups excluding carboxylic acids is 2. The van der Waals surface area contributed by atoms with Crippen molar-refractivity contribution in [3.63, 3.8) is 0 Å². The lowest BCUT2D eigenvalue weighted by Crippen LogP contribution is -2.48. The van der Waals surface area contributed by atoms with E-state index in [0.29, 0.717) is 23.5 Å². The summed E-state index contributed by atoms with van der Waals surface area (Å²) in [6, 6.07) is 6.17. The predicted molar refractivity (Wildman–Crippen MR) is 111 cm³/mol. The van der Waals surface area contributed by atoms with Crippen LogP contribution in [-0.2, 0) is 4.79 Å². The molecule has 0 aliphatic carbocycles. The first-order valence-corrected chi connectivity index (χ1v) is 9.62. The van der Waals surface area contributed by atoms with Crippen LogP contribution in [0.2, 0.25) is 0 Å². The van der Waals surface area contributed by atoms with Crippen LogP contribution in [0.1, 0.15) is 16.8 Å². The molecule has 0 fully saturated rings. The van der Waals surface area contributed by atoms with Gasteiger partial charge in [0, 0.05) is 23.6 Å². The van der Waals surface area contributed by atoms with Crippen molar-refractivity contribution >= 4 is 36.0 Å². The van der Waals surface area contributed by atoms with Crippen molar-refractivity contribution in [2.75, 3.05) is 38.7 Å².